The van der Waals surface area contributed by atoms with Crippen molar-refractivity contribution in [3.8, 4) is 5.75 Å². The smallest absolute Gasteiger partial charge is 0.168 e. The Labute approximate surface area is 222 Å². The number of ether oxygens (including phenoxy) is 2. The van der Waals surface area contributed by atoms with E-state index in [1.165, 1.54) is 36.8 Å². The van der Waals surface area contributed by atoms with Gasteiger partial charge in [0.2, 0.25) is 0 Å². The Morgan fingerprint density at radius 3 is 2.68 bits per heavy atom. The van der Waals surface area contributed by atoms with Crippen molar-refractivity contribution in [2.24, 2.45) is 0 Å². The van der Waals surface area contributed by atoms with Crippen LogP contribution >= 0.6 is 23.2 Å². The first kappa shape index (κ1) is 25.3. The molecule has 0 N–H and O–H groups in total. The van der Waals surface area contributed by atoms with E-state index in [0.29, 0.717) is 45.3 Å². The normalized spacial score (nSPS) is 17.1. The second-order valence-corrected chi connectivity index (χ2v) is 9.50. The lowest BCUT2D eigenvalue weighted by atomic mass is 10.1. The van der Waals surface area contributed by atoms with Crippen molar-refractivity contribution in [2.45, 2.75) is 38.5 Å². The van der Waals surface area contributed by atoms with E-state index in [9.17, 15) is 4.79 Å². The van der Waals surface area contributed by atoms with Crippen LogP contribution in [-0.2, 0) is 4.74 Å². The average Bonchev–Trinajstić information content (AvgIpc) is 3.26. The van der Waals surface area contributed by atoms with Gasteiger partial charge in [0, 0.05) is 47.8 Å². The third-order valence-corrected chi connectivity index (χ3v) is 6.79. The molecule has 0 amide bonds. The zero-order valence-corrected chi connectivity index (χ0v) is 21.4. The fraction of sp³-hybridized carbons (Fsp3) is 0.259. The predicted octanol–water partition coefficient (Wildman–Crippen LogP) is 7.25. The van der Waals surface area contributed by atoms with E-state index in [2.05, 4.69) is 9.97 Å². The summed E-state index contributed by atoms with van der Waals surface area (Å²) in [6.45, 7) is 2.49. The number of aromatic nitrogens is 4. The van der Waals surface area contributed by atoms with Crippen molar-refractivity contribution < 1.29 is 18.7 Å². The Kier molecular flexibility index (Phi) is 7.50. The van der Waals surface area contributed by atoms with E-state index in [-0.39, 0.29) is 17.5 Å². The number of carbonyl (C=O) groups is 1. The van der Waals surface area contributed by atoms with Gasteiger partial charge in [0.1, 0.15) is 23.4 Å². The first-order valence-corrected chi connectivity index (χ1v) is 12.6. The van der Waals surface area contributed by atoms with Gasteiger partial charge in [0.05, 0.1) is 21.3 Å². The standard InChI is InChI=1S/C27H23Cl2FN4O3/c1-16(27-21(28)13-31-14-22(27)29)37-19-7-8-25-20(10-19)24(33-34(25)26-4-2-3-9-36-26)11-23(30)17-5-6-18(15-35)32-12-17/h5-8,10-16,26H,2-4,9H2,1H3/b23-11-/t16-,26?/m1/s1. The molecule has 0 spiro atoms. The van der Waals surface area contributed by atoms with Crippen molar-refractivity contribution in [2.75, 3.05) is 6.61 Å². The summed E-state index contributed by atoms with van der Waals surface area (Å²) in [4.78, 5) is 18.8. The Hall–Kier alpha value is -3.33. The molecule has 0 bridgehead atoms. The second kappa shape index (κ2) is 11.0. The number of rotatable bonds is 7. The Morgan fingerprint density at radius 2 is 2.00 bits per heavy atom. The van der Waals surface area contributed by atoms with Gasteiger partial charge in [-0.15, -0.1) is 0 Å². The monoisotopic (exact) mass is 540 g/mol. The minimum absolute atomic E-state index is 0.228. The van der Waals surface area contributed by atoms with Crippen LogP contribution in [0.1, 0.15) is 65.8 Å². The molecule has 0 saturated carbocycles. The molecule has 4 heterocycles. The third-order valence-electron chi connectivity index (χ3n) is 6.19. The highest BCUT2D eigenvalue weighted by molar-refractivity contribution is 6.35. The number of hydrogen-bond donors (Lipinski definition) is 0. The fourth-order valence-corrected chi connectivity index (χ4v) is 5.02. The van der Waals surface area contributed by atoms with Gasteiger partial charge in [-0.25, -0.2) is 9.07 Å². The maximum Gasteiger partial charge on any atom is 0.168 e. The number of aldehydes is 1. The number of hydrogen-bond acceptors (Lipinski definition) is 6. The molecule has 7 nitrogen and oxygen atoms in total. The molecule has 1 aliphatic heterocycles. The largest absolute Gasteiger partial charge is 0.486 e. The van der Waals surface area contributed by atoms with E-state index in [1.807, 2.05) is 25.1 Å². The van der Waals surface area contributed by atoms with E-state index in [1.54, 1.807) is 4.68 Å². The molecular formula is C27H23Cl2FN4O3. The highest BCUT2D eigenvalue weighted by Crippen LogP contribution is 2.36. The summed E-state index contributed by atoms with van der Waals surface area (Å²) in [6.07, 6.45) is 8.44. The molecule has 1 aromatic carbocycles. The molecule has 0 radical (unpaired) electrons. The van der Waals surface area contributed by atoms with Gasteiger partial charge in [-0.1, -0.05) is 23.2 Å². The molecule has 1 saturated heterocycles. The first-order chi connectivity index (χ1) is 17.9. The van der Waals surface area contributed by atoms with E-state index >= 15 is 4.39 Å². The number of pyridine rings is 2. The second-order valence-electron chi connectivity index (χ2n) is 8.69. The lowest BCUT2D eigenvalue weighted by Gasteiger charge is -2.23. The summed E-state index contributed by atoms with van der Waals surface area (Å²) in [5, 5.41) is 6.22. The molecule has 5 rings (SSSR count). The van der Waals surface area contributed by atoms with E-state index in [0.717, 1.165) is 24.8 Å². The van der Waals surface area contributed by atoms with Crippen LogP contribution in [0.25, 0.3) is 22.8 Å². The highest BCUT2D eigenvalue weighted by atomic mass is 35.5. The van der Waals surface area contributed by atoms with Crippen molar-refractivity contribution >= 4 is 52.3 Å². The number of benzene rings is 1. The Balaban J connectivity index is 1.54. The van der Waals surface area contributed by atoms with Crippen LogP contribution in [0.2, 0.25) is 10.0 Å². The van der Waals surface area contributed by atoms with E-state index in [4.69, 9.17) is 37.8 Å². The first-order valence-electron chi connectivity index (χ1n) is 11.8. The van der Waals surface area contributed by atoms with Gasteiger partial charge >= 0.3 is 0 Å². The van der Waals surface area contributed by atoms with Gasteiger partial charge in [0.25, 0.3) is 0 Å². The van der Waals surface area contributed by atoms with Crippen molar-refractivity contribution in [1.29, 1.82) is 0 Å². The van der Waals surface area contributed by atoms with Gasteiger partial charge in [-0.05, 0) is 56.5 Å². The highest BCUT2D eigenvalue weighted by Gasteiger charge is 2.22. The molecule has 2 atom stereocenters. The maximum atomic E-state index is 15.2. The number of fused-ring (bicyclic) bond motifs is 1. The fourth-order valence-electron chi connectivity index (χ4n) is 4.35. The summed E-state index contributed by atoms with van der Waals surface area (Å²) in [5.41, 5.74) is 2.30. The number of nitrogens with zero attached hydrogens (tertiary/aromatic N) is 4. The number of halogens is 3. The topological polar surface area (TPSA) is 79.1 Å². The molecule has 1 fully saturated rings. The predicted molar refractivity (Wildman–Crippen MR) is 140 cm³/mol. The van der Waals surface area contributed by atoms with E-state index < -0.39 is 11.9 Å². The molecule has 37 heavy (non-hydrogen) atoms. The van der Waals surface area contributed by atoms with Crippen LogP contribution in [0.5, 0.6) is 5.75 Å². The lowest BCUT2D eigenvalue weighted by molar-refractivity contribution is -0.0367. The molecule has 190 valence electrons. The molecule has 1 aliphatic rings. The lowest BCUT2D eigenvalue weighted by Crippen LogP contribution is -2.19. The van der Waals surface area contributed by atoms with Gasteiger partial charge in [-0.2, -0.15) is 5.10 Å². The average molecular weight is 541 g/mol. The molecule has 1 unspecified atom stereocenters. The van der Waals surface area contributed by atoms with Crippen LogP contribution in [0.15, 0.2) is 48.9 Å². The van der Waals surface area contributed by atoms with Crippen LogP contribution in [0.3, 0.4) is 0 Å². The summed E-state index contributed by atoms with van der Waals surface area (Å²) >= 11 is 12.6. The zero-order chi connectivity index (χ0) is 25.9. The Morgan fingerprint density at radius 1 is 1.19 bits per heavy atom. The van der Waals surface area contributed by atoms with Gasteiger partial charge in [0.15, 0.2) is 12.5 Å². The Bertz CT molecular complexity index is 1450. The summed E-state index contributed by atoms with van der Waals surface area (Å²) in [7, 11) is 0. The van der Waals surface area contributed by atoms with Gasteiger partial charge < -0.3 is 9.47 Å². The zero-order valence-electron chi connectivity index (χ0n) is 19.9. The van der Waals surface area contributed by atoms with Gasteiger partial charge in [-0.3, -0.25) is 14.8 Å². The van der Waals surface area contributed by atoms with Crippen LogP contribution in [0, 0.1) is 0 Å². The molecule has 0 aliphatic carbocycles. The van der Waals surface area contributed by atoms with Crippen molar-refractivity contribution in [3.05, 3.63) is 81.5 Å². The summed E-state index contributed by atoms with van der Waals surface area (Å²) in [5.74, 6) is 0.0104. The molecule has 4 aromatic rings. The third kappa shape index (κ3) is 5.37. The SMILES string of the molecule is C[C@@H](Oc1ccc2c(c1)c(/C=C(\F)c1ccc(C=O)nc1)nn2C1CCCCO1)c1c(Cl)cncc1Cl. The minimum atomic E-state index is -0.531. The van der Waals surface area contributed by atoms with Crippen LogP contribution < -0.4 is 4.74 Å². The van der Waals surface area contributed by atoms with Crippen LogP contribution in [0.4, 0.5) is 4.39 Å². The van der Waals surface area contributed by atoms with Crippen LogP contribution in [-0.4, -0.2) is 32.6 Å². The molecular weight excluding hydrogens is 518 g/mol. The maximum absolute atomic E-state index is 15.2. The number of carbonyl (C=O) groups excluding carboxylic acids is 1. The molecule has 10 heteroatoms. The summed E-state index contributed by atoms with van der Waals surface area (Å²) < 4.78 is 29.2. The molecule has 3 aromatic heterocycles. The summed E-state index contributed by atoms with van der Waals surface area (Å²) in [6, 6.07) is 8.49. The minimum Gasteiger partial charge on any atom is -0.486 e. The van der Waals surface area contributed by atoms with Crippen molar-refractivity contribution in [3.63, 3.8) is 0 Å². The van der Waals surface area contributed by atoms with Crippen molar-refractivity contribution in [1.82, 2.24) is 19.7 Å². The quantitative estimate of drug-likeness (QED) is 0.229.